The molecule has 3 rings (SSSR count). The first-order chi connectivity index (χ1) is 12.5. The topological polar surface area (TPSA) is 44.8 Å². The molecule has 1 aromatic carbocycles. The van der Waals surface area contributed by atoms with Crippen molar-refractivity contribution in [2.24, 2.45) is 5.92 Å². The van der Waals surface area contributed by atoms with Crippen LogP contribution in [0.4, 0.5) is 0 Å². The van der Waals surface area contributed by atoms with Gasteiger partial charge >= 0.3 is 0 Å². The van der Waals surface area contributed by atoms with E-state index in [4.69, 9.17) is 16.3 Å². The Morgan fingerprint density at radius 1 is 1.27 bits per heavy atom. The largest absolute Gasteiger partial charge is 0.383 e. The summed E-state index contributed by atoms with van der Waals surface area (Å²) in [5.74, 6) is 0.770. The van der Waals surface area contributed by atoms with Crippen molar-refractivity contribution in [2.45, 2.75) is 38.4 Å². The van der Waals surface area contributed by atoms with E-state index in [0.717, 1.165) is 36.6 Å². The van der Waals surface area contributed by atoms with Crippen molar-refractivity contribution in [3.8, 4) is 0 Å². The monoisotopic (exact) mass is 379 g/mol. The van der Waals surface area contributed by atoms with Gasteiger partial charge in [0, 0.05) is 50.4 Å². The fourth-order valence-electron chi connectivity index (χ4n) is 3.99. The number of hydrogen-bond donors (Lipinski definition) is 1. The first kappa shape index (κ1) is 19.6. The van der Waals surface area contributed by atoms with Gasteiger partial charge in [-0.15, -0.1) is 0 Å². The zero-order valence-corrected chi connectivity index (χ0v) is 16.7. The minimum absolute atomic E-state index is 0.116. The van der Waals surface area contributed by atoms with E-state index >= 15 is 0 Å². The molecule has 0 aromatic heterocycles. The van der Waals surface area contributed by atoms with Crippen LogP contribution in [0.2, 0.25) is 5.02 Å². The van der Waals surface area contributed by atoms with E-state index in [9.17, 15) is 4.79 Å². The Morgan fingerprint density at radius 2 is 2.00 bits per heavy atom. The molecular weight excluding hydrogens is 350 g/mol. The quantitative estimate of drug-likeness (QED) is 0.821. The Morgan fingerprint density at radius 3 is 2.65 bits per heavy atom. The zero-order chi connectivity index (χ0) is 18.7. The highest BCUT2D eigenvalue weighted by Crippen LogP contribution is 2.25. The van der Waals surface area contributed by atoms with Crippen LogP contribution in [0.3, 0.4) is 0 Å². The third kappa shape index (κ3) is 4.39. The molecule has 0 spiro atoms. The lowest BCUT2D eigenvalue weighted by Gasteiger charge is -2.51. The number of rotatable bonds is 6. The maximum atomic E-state index is 13.2. The van der Waals surface area contributed by atoms with Crippen molar-refractivity contribution < 1.29 is 9.53 Å². The lowest BCUT2D eigenvalue weighted by atomic mass is 9.92. The lowest BCUT2D eigenvalue weighted by molar-refractivity contribution is -0.147. The van der Waals surface area contributed by atoms with Crippen molar-refractivity contribution in [2.75, 3.05) is 39.9 Å². The van der Waals surface area contributed by atoms with Gasteiger partial charge in [0.2, 0.25) is 5.91 Å². The number of carbonyl (C=O) groups is 1. The Hall–Kier alpha value is -1.14. The first-order valence-electron chi connectivity index (χ1n) is 9.51. The molecular formula is C20H30ClN3O2. The van der Waals surface area contributed by atoms with E-state index in [1.807, 2.05) is 29.2 Å². The van der Waals surface area contributed by atoms with Crippen LogP contribution in [0.15, 0.2) is 24.3 Å². The molecule has 6 heteroatoms. The van der Waals surface area contributed by atoms with Gasteiger partial charge in [-0.1, -0.05) is 37.6 Å². The van der Waals surface area contributed by atoms with Crippen LogP contribution in [0.25, 0.3) is 0 Å². The highest BCUT2D eigenvalue weighted by atomic mass is 35.5. The van der Waals surface area contributed by atoms with Gasteiger partial charge in [-0.25, -0.2) is 0 Å². The molecule has 144 valence electrons. The predicted octanol–water partition coefficient (Wildman–Crippen LogP) is 2.04. The van der Waals surface area contributed by atoms with Crippen LogP contribution in [-0.2, 0) is 16.0 Å². The van der Waals surface area contributed by atoms with E-state index < -0.39 is 0 Å². The standard InChI is InChI=1S/C20H30ClN3O2/c1-14(2)18-13-24-17(11-22-18)12-23(8-9-26-3)20(25)19(24)10-15-4-6-16(21)7-5-15/h4-7,14,17-19,22H,8-13H2,1-3H3/t17-,18-,19+/m1/s1. The normalized spacial score (nSPS) is 27.0. The Labute approximate surface area is 161 Å². The van der Waals surface area contributed by atoms with Crippen LogP contribution in [0.5, 0.6) is 0 Å². The molecule has 2 fully saturated rings. The summed E-state index contributed by atoms with van der Waals surface area (Å²) in [5.41, 5.74) is 1.15. The average Bonchev–Trinajstić information content (AvgIpc) is 2.63. The molecule has 0 radical (unpaired) electrons. The summed E-state index contributed by atoms with van der Waals surface area (Å²) in [5, 5.41) is 4.40. The smallest absolute Gasteiger partial charge is 0.240 e. The van der Waals surface area contributed by atoms with Crippen LogP contribution >= 0.6 is 11.6 Å². The van der Waals surface area contributed by atoms with E-state index in [0.29, 0.717) is 31.2 Å². The minimum atomic E-state index is -0.116. The molecule has 0 unspecified atom stereocenters. The van der Waals surface area contributed by atoms with E-state index in [1.165, 1.54) is 0 Å². The number of nitrogens with one attached hydrogen (secondary N) is 1. The van der Waals surface area contributed by atoms with Crippen LogP contribution in [-0.4, -0.2) is 73.7 Å². The van der Waals surface area contributed by atoms with Crippen molar-refractivity contribution in [3.05, 3.63) is 34.9 Å². The maximum Gasteiger partial charge on any atom is 0.240 e. The molecule has 0 aliphatic carbocycles. The first-order valence-corrected chi connectivity index (χ1v) is 9.88. The second-order valence-corrected chi connectivity index (χ2v) is 8.17. The highest BCUT2D eigenvalue weighted by molar-refractivity contribution is 6.30. The van der Waals surface area contributed by atoms with Crippen LogP contribution < -0.4 is 5.32 Å². The zero-order valence-electron chi connectivity index (χ0n) is 16.0. The Bertz CT molecular complexity index is 608. The third-order valence-electron chi connectivity index (χ3n) is 5.63. The molecule has 1 amide bonds. The molecule has 2 heterocycles. The summed E-state index contributed by atoms with van der Waals surface area (Å²) in [4.78, 5) is 17.6. The van der Waals surface area contributed by atoms with Gasteiger partial charge in [0.15, 0.2) is 0 Å². The second kappa shape index (κ2) is 8.70. The molecule has 2 aliphatic heterocycles. The minimum Gasteiger partial charge on any atom is -0.383 e. The molecule has 2 aliphatic rings. The molecule has 5 nitrogen and oxygen atoms in total. The molecule has 1 aromatic rings. The van der Waals surface area contributed by atoms with Gasteiger partial charge in [0.1, 0.15) is 0 Å². The second-order valence-electron chi connectivity index (χ2n) is 7.73. The number of ether oxygens (including phenoxy) is 1. The molecule has 2 saturated heterocycles. The van der Waals surface area contributed by atoms with Gasteiger partial charge in [-0.05, 0) is 30.0 Å². The summed E-state index contributed by atoms with van der Waals surface area (Å²) < 4.78 is 5.21. The van der Waals surface area contributed by atoms with Crippen molar-refractivity contribution in [1.82, 2.24) is 15.1 Å². The third-order valence-corrected chi connectivity index (χ3v) is 5.88. The number of hydrogen-bond acceptors (Lipinski definition) is 4. The van der Waals surface area contributed by atoms with Crippen molar-refractivity contribution >= 4 is 17.5 Å². The molecule has 0 saturated carbocycles. The number of piperazine rings is 2. The van der Waals surface area contributed by atoms with Crippen molar-refractivity contribution in [3.63, 3.8) is 0 Å². The number of methoxy groups -OCH3 is 1. The summed E-state index contributed by atoms with van der Waals surface area (Å²) in [6, 6.07) is 8.53. The number of nitrogens with zero attached hydrogens (tertiary/aromatic N) is 2. The van der Waals surface area contributed by atoms with Gasteiger partial charge in [-0.3, -0.25) is 9.69 Å². The molecule has 1 N–H and O–H groups in total. The number of halogens is 1. The van der Waals surface area contributed by atoms with Gasteiger partial charge in [0.05, 0.1) is 12.6 Å². The average molecular weight is 380 g/mol. The summed E-state index contributed by atoms with van der Waals surface area (Å²) in [6.45, 7) is 8.34. The SMILES string of the molecule is COCCN1C[C@H]2CN[C@@H](C(C)C)CN2[C@@H](Cc2ccc(Cl)cc2)C1=O. The van der Waals surface area contributed by atoms with Gasteiger partial charge in [0.25, 0.3) is 0 Å². The van der Waals surface area contributed by atoms with E-state index in [1.54, 1.807) is 7.11 Å². The predicted molar refractivity (Wildman–Crippen MR) is 105 cm³/mol. The summed E-state index contributed by atoms with van der Waals surface area (Å²) >= 11 is 6.02. The number of fused-ring (bicyclic) bond motifs is 1. The molecule has 26 heavy (non-hydrogen) atoms. The maximum absolute atomic E-state index is 13.2. The lowest BCUT2D eigenvalue weighted by Crippen LogP contribution is -2.70. The van der Waals surface area contributed by atoms with Gasteiger partial charge < -0.3 is 15.0 Å². The van der Waals surface area contributed by atoms with E-state index in [2.05, 4.69) is 24.1 Å². The summed E-state index contributed by atoms with van der Waals surface area (Å²) in [7, 11) is 1.68. The highest BCUT2D eigenvalue weighted by Gasteiger charge is 2.43. The molecule has 3 atom stereocenters. The number of carbonyl (C=O) groups excluding carboxylic acids is 1. The van der Waals surface area contributed by atoms with Crippen LogP contribution in [0.1, 0.15) is 19.4 Å². The molecule has 0 bridgehead atoms. The van der Waals surface area contributed by atoms with Crippen LogP contribution in [0, 0.1) is 5.92 Å². The fraction of sp³-hybridized carbons (Fsp3) is 0.650. The summed E-state index contributed by atoms with van der Waals surface area (Å²) in [6.07, 6.45) is 0.723. The number of benzene rings is 1. The Kier molecular flexibility index (Phi) is 6.56. The fourth-order valence-corrected chi connectivity index (χ4v) is 4.12. The number of amides is 1. The van der Waals surface area contributed by atoms with E-state index in [-0.39, 0.29) is 11.9 Å². The van der Waals surface area contributed by atoms with Gasteiger partial charge in [-0.2, -0.15) is 0 Å². The Balaban J connectivity index is 1.81. The van der Waals surface area contributed by atoms with Crippen molar-refractivity contribution in [1.29, 1.82) is 0 Å².